The SMILES string of the molecule is Cc1ccc(S(=O)(=O)N2CCN(C(=O)NCCOc3cccc(F)c3)CC2)c(C)c1. The van der Waals surface area contributed by atoms with E-state index in [1.165, 1.54) is 16.4 Å². The van der Waals surface area contributed by atoms with E-state index in [4.69, 9.17) is 4.74 Å². The summed E-state index contributed by atoms with van der Waals surface area (Å²) in [5.74, 6) is 0.0136. The number of ether oxygens (including phenoxy) is 1. The quantitative estimate of drug-likeness (QED) is 0.708. The number of rotatable bonds is 6. The van der Waals surface area contributed by atoms with Crippen LogP contribution in [-0.4, -0.2) is 63.0 Å². The zero-order valence-electron chi connectivity index (χ0n) is 17.1. The average molecular weight is 436 g/mol. The summed E-state index contributed by atoms with van der Waals surface area (Å²) in [6.45, 7) is 5.26. The van der Waals surface area contributed by atoms with Gasteiger partial charge in [0.1, 0.15) is 18.2 Å². The number of amides is 2. The fraction of sp³-hybridized carbons (Fsp3) is 0.381. The number of nitrogens with one attached hydrogen (secondary N) is 1. The van der Waals surface area contributed by atoms with Crippen molar-refractivity contribution in [1.82, 2.24) is 14.5 Å². The van der Waals surface area contributed by atoms with Crippen LogP contribution in [0.4, 0.5) is 9.18 Å². The van der Waals surface area contributed by atoms with E-state index in [2.05, 4.69) is 5.32 Å². The van der Waals surface area contributed by atoms with E-state index in [9.17, 15) is 17.6 Å². The van der Waals surface area contributed by atoms with Gasteiger partial charge in [-0.3, -0.25) is 0 Å². The van der Waals surface area contributed by atoms with Crippen molar-refractivity contribution >= 4 is 16.1 Å². The molecule has 0 unspecified atom stereocenters. The predicted molar refractivity (Wildman–Crippen MR) is 112 cm³/mol. The maximum absolute atomic E-state index is 13.1. The second-order valence-electron chi connectivity index (χ2n) is 7.20. The lowest BCUT2D eigenvalue weighted by molar-refractivity contribution is 0.170. The van der Waals surface area contributed by atoms with E-state index in [-0.39, 0.29) is 38.1 Å². The molecule has 1 saturated heterocycles. The number of sulfonamides is 1. The van der Waals surface area contributed by atoms with Crippen LogP contribution in [0.5, 0.6) is 5.75 Å². The summed E-state index contributed by atoms with van der Waals surface area (Å²) in [5.41, 5.74) is 1.72. The molecule has 9 heteroatoms. The minimum absolute atomic E-state index is 0.205. The van der Waals surface area contributed by atoms with Crippen LogP contribution in [0.1, 0.15) is 11.1 Å². The molecule has 0 radical (unpaired) electrons. The third kappa shape index (κ3) is 5.28. The number of hydrogen-bond donors (Lipinski definition) is 1. The Hall–Kier alpha value is -2.65. The first-order chi connectivity index (χ1) is 14.3. The van der Waals surface area contributed by atoms with Crippen LogP contribution in [0.2, 0.25) is 0 Å². The Morgan fingerprint density at radius 1 is 1.10 bits per heavy atom. The molecule has 1 aliphatic heterocycles. The van der Waals surface area contributed by atoms with E-state index >= 15 is 0 Å². The first-order valence-corrected chi connectivity index (χ1v) is 11.2. The predicted octanol–water partition coefficient (Wildman–Crippen LogP) is 2.54. The third-order valence-electron chi connectivity index (χ3n) is 4.92. The van der Waals surface area contributed by atoms with Gasteiger partial charge >= 0.3 is 6.03 Å². The summed E-state index contributed by atoms with van der Waals surface area (Å²) in [6, 6.07) is 10.8. The number of carbonyl (C=O) groups is 1. The summed E-state index contributed by atoms with van der Waals surface area (Å²) in [4.78, 5) is 14.2. The van der Waals surface area contributed by atoms with Gasteiger partial charge in [-0.1, -0.05) is 23.8 Å². The highest BCUT2D eigenvalue weighted by molar-refractivity contribution is 7.89. The molecule has 3 rings (SSSR count). The molecular weight excluding hydrogens is 409 g/mol. The fourth-order valence-electron chi connectivity index (χ4n) is 3.35. The van der Waals surface area contributed by atoms with E-state index in [1.54, 1.807) is 36.1 Å². The van der Waals surface area contributed by atoms with Crippen molar-refractivity contribution in [2.24, 2.45) is 0 Å². The molecular formula is C21H26FN3O4S. The van der Waals surface area contributed by atoms with Crippen LogP contribution in [0.15, 0.2) is 47.4 Å². The number of hydrogen-bond acceptors (Lipinski definition) is 4. The number of halogens is 1. The van der Waals surface area contributed by atoms with Crippen molar-refractivity contribution in [3.63, 3.8) is 0 Å². The van der Waals surface area contributed by atoms with Gasteiger partial charge in [0, 0.05) is 32.2 Å². The molecule has 1 aliphatic rings. The molecule has 0 bridgehead atoms. The van der Waals surface area contributed by atoms with Gasteiger partial charge < -0.3 is 15.0 Å². The summed E-state index contributed by atoms with van der Waals surface area (Å²) in [5, 5.41) is 2.74. The fourth-order valence-corrected chi connectivity index (χ4v) is 4.98. The molecule has 0 spiro atoms. The number of piperazine rings is 1. The van der Waals surface area contributed by atoms with Crippen LogP contribution in [0.25, 0.3) is 0 Å². The Labute approximate surface area is 176 Å². The Morgan fingerprint density at radius 3 is 2.50 bits per heavy atom. The zero-order valence-corrected chi connectivity index (χ0v) is 17.9. The first-order valence-electron chi connectivity index (χ1n) is 9.76. The minimum Gasteiger partial charge on any atom is -0.492 e. The maximum atomic E-state index is 13.1. The molecule has 1 fully saturated rings. The molecule has 0 atom stereocenters. The molecule has 0 aromatic heterocycles. The second kappa shape index (κ2) is 9.44. The molecule has 1 N–H and O–H groups in total. The standard InChI is InChI=1S/C21H26FN3O4S/c1-16-6-7-20(17(2)14-16)30(27,28)25-11-9-24(10-12-25)21(26)23-8-13-29-19-5-3-4-18(22)15-19/h3-7,14-15H,8-13H2,1-2H3,(H,23,26). The lowest BCUT2D eigenvalue weighted by atomic mass is 10.2. The van der Waals surface area contributed by atoms with Crippen LogP contribution < -0.4 is 10.1 Å². The van der Waals surface area contributed by atoms with Crippen molar-refractivity contribution in [3.05, 3.63) is 59.4 Å². The maximum Gasteiger partial charge on any atom is 0.317 e. The molecule has 2 aromatic rings. The van der Waals surface area contributed by atoms with Crippen molar-refractivity contribution in [3.8, 4) is 5.75 Å². The number of urea groups is 1. The van der Waals surface area contributed by atoms with E-state index in [1.807, 2.05) is 13.0 Å². The number of carbonyl (C=O) groups excluding carboxylic acids is 1. The number of aryl methyl sites for hydroxylation is 2. The topological polar surface area (TPSA) is 79.0 Å². The van der Waals surface area contributed by atoms with Gasteiger partial charge in [-0.25, -0.2) is 17.6 Å². The Kier molecular flexibility index (Phi) is 6.94. The van der Waals surface area contributed by atoms with Crippen molar-refractivity contribution in [2.45, 2.75) is 18.7 Å². The summed E-state index contributed by atoms with van der Waals surface area (Å²) >= 11 is 0. The van der Waals surface area contributed by atoms with Gasteiger partial charge in [-0.05, 0) is 37.6 Å². The van der Waals surface area contributed by atoms with E-state index in [0.29, 0.717) is 29.3 Å². The highest BCUT2D eigenvalue weighted by Crippen LogP contribution is 2.22. The lowest BCUT2D eigenvalue weighted by Crippen LogP contribution is -2.53. The number of benzene rings is 2. The zero-order chi connectivity index (χ0) is 21.7. The molecule has 2 amide bonds. The molecule has 0 aliphatic carbocycles. The smallest absolute Gasteiger partial charge is 0.317 e. The highest BCUT2D eigenvalue weighted by atomic mass is 32.2. The van der Waals surface area contributed by atoms with Crippen LogP contribution in [0, 0.1) is 19.7 Å². The first kappa shape index (κ1) is 22.0. The minimum atomic E-state index is -3.59. The van der Waals surface area contributed by atoms with Gasteiger partial charge in [-0.2, -0.15) is 4.31 Å². The van der Waals surface area contributed by atoms with Gasteiger partial charge in [0.15, 0.2) is 0 Å². The van der Waals surface area contributed by atoms with Gasteiger partial charge in [-0.15, -0.1) is 0 Å². The molecule has 2 aromatic carbocycles. The largest absolute Gasteiger partial charge is 0.492 e. The average Bonchev–Trinajstić information content (AvgIpc) is 2.71. The summed E-state index contributed by atoms with van der Waals surface area (Å²) in [7, 11) is -3.59. The molecule has 162 valence electrons. The van der Waals surface area contributed by atoms with Crippen LogP contribution in [0.3, 0.4) is 0 Å². The molecule has 1 heterocycles. The Balaban J connectivity index is 1.47. The normalized spacial score (nSPS) is 15.1. The van der Waals surface area contributed by atoms with Crippen LogP contribution >= 0.6 is 0 Å². The summed E-state index contributed by atoms with van der Waals surface area (Å²) < 4.78 is 45.8. The van der Waals surface area contributed by atoms with E-state index < -0.39 is 10.0 Å². The van der Waals surface area contributed by atoms with Crippen molar-refractivity contribution < 1.29 is 22.3 Å². The molecule has 0 saturated carbocycles. The van der Waals surface area contributed by atoms with Crippen LogP contribution in [-0.2, 0) is 10.0 Å². The monoisotopic (exact) mass is 435 g/mol. The molecule has 30 heavy (non-hydrogen) atoms. The number of nitrogens with zero attached hydrogens (tertiary/aromatic N) is 2. The van der Waals surface area contributed by atoms with Gasteiger partial charge in [0.2, 0.25) is 10.0 Å². The summed E-state index contributed by atoms with van der Waals surface area (Å²) in [6.07, 6.45) is 0. The van der Waals surface area contributed by atoms with E-state index in [0.717, 1.165) is 5.56 Å². The Morgan fingerprint density at radius 2 is 1.83 bits per heavy atom. The molecule has 7 nitrogen and oxygen atoms in total. The van der Waals surface area contributed by atoms with Gasteiger partial charge in [0.05, 0.1) is 11.4 Å². The Bertz CT molecular complexity index is 1010. The second-order valence-corrected chi connectivity index (χ2v) is 9.10. The highest BCUT2D eigenvalue weighted by Gasteiger charge is 2.30. The van der Waals surface area contributed by atoms with Crippen molar-refractivity contribution in [1.29, 1.82) is 0 Å². The van der Waals surface area contributed by atoms with Gasteiger partial charge in [0.25, 0.3) is 0 Å². The lowest BCUT2D eigenvalue weighted by Gasteiger charge is -2.34. The third-order valence-corrected chi connectivity index (χ3v) is 6.98. The van der Waals surface area contributed by atoms with Crippen molar-refractivity contribution in [2.75, 3.05) is 39.3 Å².